The molecule has 1 heterocycles. The van der Waals surface area contributed by atoms with Gasteiger partial charge < -0.3 is 5.43 Å². The molecule has 1 aliphatic heterocycles. The molecule has 1 aromatic rings. The number of hydrogen-bond acceptors (Lipinski definition) is 2. The van der Waals surface area contributed by atoms with Gasteiger partial charge in [-0.1, -0.05) is 6.07 Å². The molecule has 0 aromatic heterocycles. The van der Waals surface area contributed by atoms with Gasteiger partial charge in [0.15, 0.2) is 0 Å². The zero-order valence-corrected chi connectivity index (χ0v) is 12.4. The van der Waals surface area contributed by atoms with Gasteiger partial charge in [0.05, 0.1) is 5.57 Å². The largest absolute Gasteiger partial charge is 0.417 e. The van der Waals surface area contributed by atoms with E-state index in [1.165, 1.54) is 6.08 Å². The van der Waals surface area contributed by atoms with Crippen molar-refractivity contribution in [2.75, 3.05) is 7.05 Å². The highest BCUT2D eigenvalue weighted by molar-refractivity contribution is 6.00. The quantitative estimate of drug-likeness (QED) is 0.779. The molecule has 0 bridgehead atoms. The second kappa shape index (κ2) is 4.37. The van der Waals surface area contributed by atoms with Crippen LogP contribution in [0.5, 0.6) is 0 Å². The lowest BCUT2D eigenvalue weighted by atomic mass is 9.90. The molecule has 5 heteroatoms. The Bertz CT molecular complexity index is 696. The lowest BCUT2D eigenvalue weighted by Crippen LogP contribution is -2.31. The summed E-state index contributed by atoms with van der Waals surface area (Å²) in [6.07, 6.45) is -3.05. The van der Waals surface area contributed by atoms with Crippen LogP contribution in [0.2, 0.25) is 0 Å². The van der Waals surface area contributed by atoms with E-state index >= 15 is 0 Å². The first-order valence-corrected chi connectivity index (χ1v) is 6.81. The zero-order chi connectivity index (χ0) is 15.5. The molecule has 0 atom stereocenters. The first-order chi connectivity index (χ1) is 9.70. The number of rotatable bonds is 0. The predicted octanol–water partition coefficient (Wildman–Crippen LogP) is 3.94. The van der Waals surface area contributed by atoms with Crippen molar-refractivity contribution >= 4 is 11.1 Å². The molecule has 2 aliphatic rings. The van der Waals surface area contributed by atoms with Crippen molar-refractivity contribution in [3.63, 3.8) is 0 Å². The maximum Gasteiger partial charge on any atom is 0.417 e. The Labute approximate surface area is 121 Å². The number of benzene rings is 1. The Kier molecular flexibility index (Phi) is 2.95. The molecule has 1 aromatic carbocycles. The van der Waals surface area contributed by atoms with E-state index in [4.69, 9.17) is 0 Å². The Balaban J connectivity index is 2.40. The van der Waals surface area contributed by atoms with E-state index < -0.39 is 11.7 Å². The summed E-state index contributed by atoms with van der Waals surface area (Å²) in [5.74, 6) is 0. The number of nitrogens with zero attached hydrogens (tertiary/aromatic N) is 1. The summed E-state index contributed by atoms with van der Waals surface area (Å²) in [6, 6.07) is 1.85. The number of allylic oxidation sites excluding steroid dienone is 4. The monoisotopic (exact) mass is 294 g/mol. The van der Waals surface area contributed by atoms with Crippen LogP contribution in [0.15, 0.2) is 17.8 Å². The smallest absolute Gasteiger partial charge is 0.323 e. The molecular formula is C16H17F3N2. The summed E-state index contributed by atoms with van der Waals surface area (Å²) in [5.41, 5.74) is 7.79. The van der Waals surface area contributed by atoms with Gasteiger partial charge in [-0.2, -0.15) is 13.2 Å². The summed E-state index contributed by atoms with van der Waals surface area (Å²) in [6.45, 7) is 6.11. The van der Waals surface area contributed by atoms with Gasteiger partial charge in [0, 0.05) is 24.9 Å². The number of nitrogens with one attached hydrogen (secondary N) is 1. The minimum Gasteiger partial charge on any atom is -0.323 e. The zero-order valence-electron chi connectivity index (χ0n) is 12.4. The first kappa shape index (κ1) is 14.2. The third-order valence-electron chi connectivity index (χ3n) is 4.15. The number of hydrogen-bond donors (Lipinski definition) is 1. The van der Waals surface area contributed by atoms with E-state index in [2.05, 4.69) is 5.43 Å². The fourth-order valence-corrected chi connectivity index (χ4v) is 3.31. The van der Waals surface area contributed by atoms with Crippen LogP contribution in [0.25, 0.3) is 11.1 Å². The molecule has 0 amide bonds. The first-order valence-electron chi connectivity index (χ1n) is 6.81. The fourth-order valence-electron chi connectivity index (χ4n) is 3.31. The minimum absolute atomic E-state index is 0.342. The van der Waals surface area contributed by atoms with Gasteiger partial charge >= 0.3 is 6.18 Å². The maximum absolute atomic E-state index is 13.4. The lowest BCUT2D eigenvalue weighted by Gasteiger charge is -2.20. The molecule has 0 saturated heterocycles. The average molecular weight is 294 g/mol. The molecular weight excluding hydrogens is 277 g/mol. The molecule has 0 fully saturated rings. The van der Waals surface area contributed by atoms with Gasteiger partial charge in [0.1, 0.15) is 0 Å². The molecule has 1 aliphatic carbocycles. The third-order valence-corrected chi connectivity index (χ3v) is 4.15. The van der Waals surface area contributed by atoms with Gasteiger partial charge in [-0.15, -0.1) is 0 Å². The summed E-state index contributed by atoms with van der Waals surface area (Å²) in [4.78, 5) is 0. The van der Waals surface area contributed by atoms with Crippen LogP contribution in [0.1, 0.15) is 34.7 Å². The van der Waals surface area contributed by atoms with E-state index in [-0.39, 0.29) is 0 Å². The van der Waals surface area contributed by atoms with Crippen LogP contribution >= 0.6 is 0 Å². The molecule has 21 heavy (non-hydrogen) atoms. The standard InChI is InChI=1S/C16H17F3N2/c1-8-5-9(2)14-13(16(17,18)19)6-11-10(3)20-21(4)7-12(8)15(11)14/h5-6,20H,7H2,1-4H3. The lowest BCUT2D eigenvalue weighted by molar-refractivity contribution is -0.0687. The van der Waals surface area contributed by atoms with Crippen LogP contribution in [-0.2, 0) is 6.54 Å². The van der Waals surface area contributed by atoms with Crippen molar-refractivity contribution in [1.82, 2.24) is 10.4 Å². The number of alkyl halides is 3. The molecule has 2 nitrogen and oxygen atoms in total. The van der Waals surface area contributed by atoms with Crippen molar-refractivity contribution in [3.8, 4) is 0 Å². The highest BCUT2D eigenvalue weighted by Gasteiger charge is 2.42. The molecule has 1 N–H and O–H groups in total. The highest BCUT2D eigenvalue weighted by atomic mass is 19.4. The Hall–Kier alpha value is -1.75. The fraction of sp³-hybridized carbons (Fsp3) is 0.375. The second-order valence-corrected chi connectivity index (χ2v) is 5.80. The molecule has 112 valence electrons. The third kappa shape index (κ3) is 2.07. The van der Waals surface area contributed by atoms with E-state index in [0.717, 1.165) is 22.4 Å². The van der Waals surface area contributed by atoms with Gasteiger partial charge in [0.25, 0.3) is 0 Å². The van der Waals surface area contributed by atoms with Crippen molar-refractivity contribution in [3.05, 3.63) is 45.7 Å². The molecule has 0 radical (unpaired) electrons. The van der Waals surface area contributed by atoms with E-state index in [9.17, 15) is 13.2 Å². The summed E-state index contributed by atoms with van der Waals surface area (Å²) in [7, 11) is 1.89. The van der Waals surface area contributed by atoms with E-state index in [1.807, 2.05) is 32.0 Å². The van der Waals surface area contributed by atoms with Crippen molar-refractivity contribution in [1.29, 1.82) is 0 Å². The molecule has 0 saturated carbocycles. The van der Waals surface area contributed by atoms with Crippen LogP contribution < -0.4 is 5.43 Å². The molecule has 0 unspecified atom stereocenters. The number of halogens is 3. The molecule has 0 spiro atoms. The average Bonchev–Trinajstić information content (AvgIpc) is 2.69. The van der Waals surface area contributed by atoms with Gasteiger partial charge in [-0.05, 0) is 54.7 Å². The molecule has 3 rings (SSSR count). The topological polar surface area (TPSA) is 15.3 Å². The minimum atomic E-state index is -4.33. The second-order valence-electron chi connectivity index (χ2n) is 5.80. The Morgan fingerprint density at radius 3 is 2.38 bits per heavy atom. The van der Waals surface area contributed by atoms with Gasteiger partial charge in [-0.25, -0.2) is 5.01 Å². The van der Waals surface area contributed by atoms with Gasteiger partial charge in [0.2, 0.25) is 0 Å². The van der Waals surface area contributed by atoms with Crippen molar-refractivity contribution in [2.24, 2.45) is 0 Å². The predicted molar refractivity (Wildman–Crippen MR) is 77.1 cm³/mol. The van der Waals surface area contributed by atoms with Gasteiger partial charge in [-0.3, -0.25) is 0 Å². The number of hydrazine groups is 1. The summed E-state index contributed by atoms with van der Waals surface area (Å²) in [5, 5.41) is 1.90. The van der Waals surface area contributed by atoms with Crippen LogP contribution in [0, 0.1) is 13.8 Å². The van der Waals surface area contributed by atoms with Crippen LogP contribution in [0.3, 0.4) is 0 Å². The van der Waals surface area contributed by atoms with E-state index in [1.54, 1.807) is 6.92 Å². The SMILES string of the molecule is CC1=C2C=C(C(F)(F)F)c3c(C)cc(C)c(c32)CN(C)N1. The Morgan fingerprint density at radius 1 is 1.10 bits per heavy atom. The van der Waals surface area contributed by atoms with E-state index in [0.29, 0.717) is 23.2 Å². The van der Waals surface area contributed by atoms with Crippen molar-refractivity contribution < 1.29 is 13.2 Å². The highest BCUT2D eigenvalue weighted by Crippen LogP contribution is 2.48. The number of aryl methyl sites for hydroxylation is 2. The normalized spacial score (nSPS) is 18.3. The van der Waals surface area contributed by atoms with Crippen LogP contribution in [-0.4, -0.2) is 18.2 Å². The summed E-state index contributed by atoms with van der Waals surface area (Å²) >= 11 is 0. The summed E-state index contributed by atoms with van der Waals surface area (Å²) < 4.78 is 40.1. The Morgan fingerprint density at radius 2 is 1.76 bits per heavy atom. The maximum atomic E-state index is 13.4. The van der Waals surface area contributed by atoms with Crippen molar-refractivity contribution in [2.45, 2.75) is 33.5 Å². The van der Waals surface area contributed by atoms with Crippen LogP contribution in [0.4, 0.5) is 13.2 Å².